The van der Waals surface area contributed by atoms with Crippen molar-refractivity contribution in [2.24, 2.45) is 0 Å². The largest absolute Gasteiger partial charge is 0.383 e. The summed E-state index contributed by atoms with van der Waals surface area (Å²) >= 11 is 6.03. The van der Waals surface area contributed by atoms with Gasteiger partial charge in [-0.1, -0.05) is 18.5 Å². The smallest absolute Gasteiger partial charge is 0.287 e. The van der Waals surface area contributed by atoms with E-state index in [-0.39, 0.29) is 10.6 Å². The highest BCUT2D eigenvalue weighted by Crippen LogP contribution is 2.14. The fourth-order valence-electron chi connectivity index (χ4n) is 1.57. The van der Waals surface area contributed by atoms with Gasteiger partial charge in [-0.05, 0) is 12.8 Å². The summed E-state index contributed by atoms with van der Waals surface area (Å²) in [6.45, 7) is 5.04. The van der Waals surface area contributed by atoms with Crippen molar-refractivity contribution in [1.29, 1.82) is 0 Å². The lowest BCUT2D eigenvalue weighted by Gasteiger charge is -2.10. The summed E-state index contributed by atoms with van der Waals surface area (Å²) in [5, 5.41) is 7.30. The van der Waals surface area contributed by atoms with E-state index in [9.17, 15) is 4.79 Å². The first kappa shape index (κ1) is 16.9. The van der Waals surface area contributed by atoms with E-state index in [2.05, 4.69) is 17.3 Å². The zero-order valence-electron chi connectivity index (χ0n) is 12.0. The Bertz CT molecular complexity index is 451. The third kappa shape index (κ3) is 5.48. The second-order valence-electron chi connectivity index (χ2n) is 4.29. The first-order valence-electron chi connectivity index (χ1n) is 6.76. The van der Waals surface area contributed by atoms with Gasteiger partial charge in [0.15, 0.2) is 0 Å². The Balaban J connectivity index is 2.47. The molecule has 1 aromatic rings. The Hall–Kier alpha value is -1.11. The van der Waals surface area contributed by atoms with Crippen molar-refractivity contribution in [2.75, 3.05) is 38.8 Å². The van der Waals surface area contributed by atoms with Crippen LogP contribution in [-0.2, 0) is 16.0 Å². The van der Waals surface area contributed by atoms with Gasteiger partial charge in [-0.2, -0.15) is 5.10 Å². The van der Waals surface area contributed by atoms with E-state index < -0.39 is 0 Å². The SMILES string of the molecule is CCCOCCCNc1cnn(CCOC)c(=O)c1Cl. The lowest BCUT2D eigenvalue weighted by molar-refractivity contribution is 0.134. The van der Waals surface area contributed by atoms with E-state index in [1.165, 1.54) is 4.68 Å². The van der Waals surface area contributed by atoms with Crippen LogP contribution >= 0.6 is 11.6 Å². The summed E-state index contributed by atoms with van der Waals surface area (Å²) in [6, 6.07) is 0. The quantitative estimate of drug-likeness (QED) is 0.667. The van der Waals surface area contributed by atoms with E-state index in [0.29, 0.717) is 32.0 Å². The minimum atomic E-state index is -0.309. The van der Waals surface area contributed by atoms with Gasteiger partial charge in [0.1, 0.15) is 5.02 Å². The fourth-order valence-corrected chi connectivity index (χ4v) is 1.78. The molecular formula is C13H22ClN3O3. The van der Waals surface area contributed by atoms with Gasteiger partial charge in [0.05, 0.1) is 25.0 Å². The summed E-state index contributed by atoms with van der Waals surface area (Å²) in [4.78, 5) is 11.9. The second kappa shape index (κ2) is 9.74. The number of anilines is 1. The van der Waals surface area contributed by atoms with Gasteiger partial charge in [0.25, 0.3) is 5.56 Å². The predicted molar refractivity (Wildman–Crippen MR) is 79.6 cm³/mol. The maximum Gasteiger partial charge on any atom is 0.287 e. The van der Waals surface area contributed by atoms with Crippen LogP contribution in [-0.4, -0.2) is 43.3 Å². The maximum atomic E-state index is 11.9. The van der Waals surface area contributed by atoms with Crippen molar-refractivity contribution in [1.82, 2.24) is 9.78 Å². The summed E-state index contributed by atoms with van der Waals surface area (Å²) in [5.74, 6) is 0. The Morgan fingerprint density at radius 3 is 2.90 bits per heavy atom. The van der Waals surface area contributed by atoms with Crippen LogP contribution in [0.25, 0.3) is 0 Å². The molecule has 6 nitrogen and oxygen atoms in total. The molecule has 1 heterocycles. The van der Waals surface area contributed by atoms with Gasteiger partial charge in [-0.3, -0.25) is 4.79 Å². The molecule has 0 aliphatic carbocycles. The summed E-state index contributed by atoms with van der Waals surface area (Å²) < 4.78 is 11.6. The minimum Gasteiger partial charge on any atom is -0.383 e. The highest BCUT2D eigenvalue weighted by molar-refractivity contribution is 6.32. The zero-order valence-corrected chi connectivity index (χ0v) is 12.8. The number of nitrogens with zero attached hydrogens (tertiary/aromatic N) is 2. The van der Waals surface area contributed by atoms with Crippen molar-refractivity contribution < 1.29 is 9.47 Å². The van der Waals surface area contributed by atoms with Crippen molar-refractivity contribution in [3.8, 4) is 0 Å². The van der Waals surface area contributed by atoms with Crippen LogP contribution < -0.4 is 10.9 Å². The van der Waals surface area contributed by atoms with Crippen molar-refractivity contribution in [3.63, 3.8) is 0 Å². The van der Waals surface area contributed by atoms with Crippen LogP contribution in [0.15, 0.2) is 11.0 Å². The average Bonchev–Trinajstić information content (AvgIpc) is 2.46. The number of nitrogens with one attached hydrogen (secondary N) is 1. The fraction of sp³-hybridized carbons (Fsp3) is 0.692. The number of halogens is 1. The molecule has 0 atom stereocenters. The molecule has 0 fully saturated rings. The molecule has 0 spiro atoms. The summed E-state index contributed by atoms with van der Waals surface area (Å²) in [6.07, 6.45) is 3.43. The Labute approximate surface area is 124 Å². The molecule has 0 aliphatic rings. The number of rotatable bonds is 10. The first-order chi connectivity index (χ1) is 9.70. The van der Waals surface area contributed by atoms with Crippen molar-refractivity contribution >= 4 is 17.3 Å². The summed E-state index contributed by atoms with van der Waals surface area (Å²) in [7, 11) is 1.57. The van der Waals surface area contributed by atoms with Crippen LogP contribution in [0.2, 0.25) is 5.02 Å². The standard InChI is InChI=1S/C13H22ClN3O3/c1-3-7-20-8-4-5-15-11-10-16-17(6-9-19-2)13(18)12(11)14/h10,15H,3-9H2,1-2H3. The minimum absolute atomic E-state index is 0.158. The van der Waals surface area contributed by atoms with E-state index in [4.69, 9.17) is 21.1 Å². The molecule has 20 heavy (non-hydrogen) atoms. The molecule has 0 unspecified atom stereocenters. The van der Waals surface area contributed by atoms with Gasteiger partial charge in [0.2, 0.25) is 0 Å². The normalized spacial score (nSPS) is 10.8. The van der Waals surface area contributed by atoms with Crippen LogP contribution in [0.4, 0.5) is 5.69 Å². The number of hydrogen-bond acceptors (Lipinski definition) is 5. The van der Waals surface area contributed by atoms with Crippen LogP contribution in [0.5, 0.6) is 0 Å². The molecule has 0 amide bonds. The molecule has 114 valence electrons. The average molecular weight is 304 g/mol. The molecule has 0 saturated heterocycles. The molecule has 0 aromatic carbocycles. The predicted octanol–water partition coefficient (Wildman–Crippen LogP) is 1.77. The molecule has 0 aliphatic heterocycles. The third-order valence-corrected chi connectivity index (χ3v) is 2.99. The van der Waals surface area contributed by atoms with E-state index in [1.54, 1.807) is 13.3 Å². The number of ether oxygens (including phenoxy) is 2. The lowest BCUT2D eigenvalue weighted by Crippen LogP contribution is -2.26. The molecule has 1 aromatic heterocycles. The molecule has 0 radical (unpaired) electrons. The highest BCUT2D eigenvalue weighted by atomic mass is 35.5. The number of methoxy groups -OCH3 is 1. The monoisotopic (exact) mass is 303 g/mol. The van der Waals surface area contributed by atoms with E-state index >= 15 is 0 Å². The summed E-state index contributed by atoms with van der Waals surface area (Å²) in [5.41, 5.74) is 0.247. The second-order valence-corrected chi connectivity index (χ2v) is 4.66. The maximum absolute atomic E-state index is 11.9. The Morgan fingerprint density at radius 2 is 2.20 bits per heavy atom. The number of aromatic nitrogens is 2. The van der Waals surface area contributed by atoms with Crippen molar-refractivity contribution in [2.45, 2.75) is 26.3 Å². The zero-order chi connectivity index (χ0) is 14.8. The Morgan fingerprint density at radius 1 is 1.40 bits per heavy atom. The van der Waals surface area contributed by atoms with Gasteiger partial charge in [-0.15, -0.1) is 0 Å². The topological polar surface area (TPSA) is 65.4 Å². The van der Waals surface area contributed by atoms with Gasteiger partial charge >= 0.3 is 0 Å². The number of hydrogen-bond donors (Lipinski definition) is 1. The molecule has 0 saturated carbocycles. The van der Waals surface area contributed by atoms with Crippen molar-refractivity contribution in [3.05, 3.63) is 21.6 Å². The molecule has 1 rings (SSSR count). The van der Waals surface area contributed by atoms with Crippen LogP contribution in [0.1, 0.15) is 19.8 Å². The van der Waals surface area contributed by atoms with Crippen LogP contribution in [0.3, 0.4) is 0 Å². The van der Waals surface area contributed by atoms with E-state index in [1.807, 2.05) is 0 Å². The molecule has 7 heteroatoms. The highest BCUT2D eigenvalue weighted by Gasteiger charge is 2.08. The van der Waals surface area contributed by atoms with E-state index in [0.717, 1.165) is 19.4 Å². The Kier molecular flexibility index (Phi) is 8.25. The molecule has 1 N–H and O–H groups in total. The van der Waals surface area contributed by atoms with Crippen LogP contribution in [0, 0.1) is 0 Å². The lowest BCUT2D eigenvalue weighted by atomic mass is 10.4. The molecule has 0 bridgehead atoms. The molecular weight excluding hydrogens is 282 g/mol. The van der Waals surface area contributed by atoms with Gasteiger partial charge in [0, 0.05) is 26.9 Å². The van der Waals surface area contributed by atoms with Gasteiger partial charge < -0.3 is 14.8 Å². The third-order valence-electron chi connectivity index (χ3n) is 2.62. The van der Waals surface area contributed by atoms with Gasteiger partial charge in [-0.25, -0.2) is 4.68 Å². The first-order valence-corrected chi connectivity index (χ1v) is 7.14.